The normalized spacial score (nSPS) is 9.92. The van der Waals surface area contributed by atoms with E-state index in [1.807, 2.05) is 0 Å². The molecule has 134 valence electrons. The van der Waals surface area contributed by atoms with Gasteiger partial charge in [0.1, 0.15) is 23.0 Å². The fourth-order valence-electron chi connectivity index (χ4n) is 2.23. The molecule has 2 aromatic carbocycles. The first-order valence-corrected chi connectivity index (χ1v) is 7.59. The number of ether oxygens (including phenoxy) is 4. The molecule has 0 aliphatic rings. The summed E-state index contributed by atoms with van der Waals surface area (Å²) >= 11 is 0. The topological polar surface area (TPSA) is 78.1 Å². The van der Waals surface area contributed by atoms with Crippen molar-refractivity contribution in [1.82, 2.24) is 0 Å². The lowest BCUT2D eigenvalue weighted by atomic mass is 10.2. The van der Waals surface area contributed by atoms with Gasteiger partial charge in [-0.05, 0) is 24.3 Å². The van der Waals surface area contributed by atoms with Crippen LogP contribution in [-0.4, -0.2) is 40.9 Å². The molecule has 7 nitrogen and oxygen atoms in total. The second-order valence-corrected chi connectivity index (χ2v) is 5.03. The van der Waals surface area contributed by atoms with Gasteiger partial charge in [0.15, 0.2) is 0 Å². The molecule has 1 amide bonds. The third-order valence-electron chi connectivity index (χ3n) is 3.53. The van der Waals surface area contributed by atoms with Gasteiger partial charge in [0.05, 0.1) is 46.4 Å². The summed E-state index contributed by atoms with van der Waals surface area (Å²) in [5, 5.41) is 5.83. The Bertz CT molecular complexity index is 733. The Balaban J connectivity index is 2.04. The van der Waals surface area contributed by atoms with Crippen LogP contribution in [0.3, 0.4) is 0 Å². The van der Waals surface area contributed by atoms with E-state index in [4.69, 9.17) is 18.9 Å². The maximum absolute atomic E-state index is 12.2. The molecular weight excluding hydrogens is 324 g/mol. The highest BCUT2D eigenvalue weighted by Crippen LogP contribution is 2.30. The highest BCUT2D eigenvalue weighted by Gasteiger charge is 2.11. The second-order valence-electron chi connectivity index (χ2n) is 5.03. The molecule has 0 saturated heterocycles. The molecule has 25 heavy (non-hydrogen) atoms. The van der Waals surface area contributed by atoms with Crippen LogP contribution < -0.4 is 29.6 Å². The Kier molecular flexibility index (Phi) is 6.33. The summed E-state index contributed by atoms with van der Waals surface area (Å²) in [6.07, 6.45) is 0. The van der Waals surface area contributed by atoms with Crippen LogP contribution in [0.1, 0.15) is 0 Å². The van der Waals surface area contributed by atoms with Gasteiger partial charge in [0.2, 0.25) is 5.91 Å². The molecule has 0 fully saturated rings. The fraction of sp³-hybridized carbons (Fsp3) is 0.278. The van der Waals surface area contributed by atoms with E-state index in [2.05, 4.69) is 10.6 Å². The first kappa shape index (κ1) is 18.3. The second kappa shape index (κ2) is 8.68. The predicted octanol–water partition coefficient (Wildman–Crippen LogP) is 2.77. The third kappa shape index (κ3) is 4.69. The van der Waals surface area contributed by atoms with E-state index in [0.717, 1.165) is 0 Å². The van der Waals surface area contributed by atoms with Gasteiger partial charge < -0.3 is 29.6 Å². The molecule has 0 radical (unpaired) electrons. The summed E-state index contributed by atoms with van der Waals surface area (Å²) in [4.78, 5) is 12.2. The number of rotatable bonds is 8. The van der Waals surface area contributed by atoms with Crippen molar-refractivity contribution < 1.29 is 23.7 Å². The quantitative estimate of drug-likeness (QED) is 0.765. The van der Waals surface area contributed by atoms with Gasteiger partial charge in [-0.25, -0.2) is 0 Å². The minimum absolute atomic E-state index is 0.0586. The number of carbonyl (C=O) groups excluding carboxylic acids is 1. The predicted molar refractivity (Wildman–Crippen MR) is 96.2 cm³/mol. The summed E-state index contributed by atoms with van der Waals surface area (Å²) in [6.45, 7) is 0.0586. The van der Waals surface area contributed by atoms with Crippen LogP contribution in [0.25, 0.3) is 0 Å². The molecule has 0 spiro atoms. The molecule has 0 aromatic heterocycles. The maximum atomic E-state index is 12.2. The number of nitrogens with one attached hydrogen (secondary N) is 2. The minimum atomic E-state index is -0.232. The number of benzene rings is 2. The molecule has 0 aliphatic heterocycles. The number of anilines is 2. The zero-order valence-corrected chi connectivity index (χ0v) is 14.7. The first-order chi connectivity index (χ1) is 12.1. The van der Waals surface area contributed by atoms with Crippen molar-refractivity contribution in [2.45, 2.75) is 0 Å². The summed E-state index contributed by atoms with van der Waals surface area (Å²) in [6, 6.07) is 10.5. The summed E-state index contributed by atoms with van der Waals surface area (Å²) < 4.78 is 20.9. The number of amides is 1. The zero-order valence-electron chi connectivity index (χ0n) is 14.7. The van der Waals surface area contributed by atoms with Crippen LogP contribution in [0.4, 0.5) is 11.4 Å². The SMILES string of the molecule is COc1ccc(OC)c(NC(=O)CNc2ccc(OC)cc2OC)c1. The van der Waals surface area contributed by atoms with Crippen molar-refractivity contribution in [2.24, 2.45) is 0 Å². The van der Waals surface area contributed by atoms with Crippen LogP contribution in [0.2, 0.25) is 0 Å². The maximum Gasteiger partial charge on any atom is 0.243 e. The van der Waals surface area contributed by atoms with Crippen LogP contribution in [-0.2, 0) is 4.79 Å². The van der Waals surface area contributed by atoms with Crippen LogP contribution in [0.5, 0.6) is 23.0 Å². The van der Waals surface area contributed by atoms with Crippen molar-refractivity contribution in [3.05, 3.63) is 36.4 Å². The van der Waals surface area contributed by atoms with E-state index < -0.39 is 0 Å². The fourth-order valence-corrected chi connectivity index (χ4v) is 2.23. The monoisotopic (exact) mass is 346 g/mol. The van der Waals surface area contributed by atoms with Gasteiger partial charge in [-0.15, -0.1) is 0 Å². The van der Waals surface area contributed by atoms with E-state index >= 15 is 0 Å². The van der Waals surface area contributed by atoms with Crippen molar-refractivity contribution in [1.29, 1.82) is 0 Å². The van der Waals surface area contributed by atoms with Crippen LogP contribution >= 0.6 is 0 Å². The Morgan fingerprint density at radius 3 is 2.08 bits per heavy atom. The largest absolute Gasteiger partial charge is 0.497 e. The van der Waals surface area contributed by atoms with Crippen molar-refractivity contribution in [3.8, 4) is 23.0 Å². The molecule has 2 rings (SSSR count). The van der Waals surface area contributed by atoms with E-state index in [0.29, 0.717) is 34.4 Å². The molecular formula is C18H22N2O5. The Morgan fingerprint density at radius 2 is 1.44 bits per heavy atom. The number of methoxy groups -OCH3 is 4. The van der Waals surface area contributed by atoms with E-state index in [-0.39, 0.29) is 12.5 Å². The van der Waals surface area contributed by atoms with Gasteiger partial charge in [0.25, 0.3) is 0 Å². The standard InChI is InChI=1S/C18H22N2O5/c1-22-12-6-8-16(24-3)15(9-12)20-18(21)11-19-14-7-5-13(23-2)10-17(14)25-4/h5-10,19H,11H2,1-4H3,(H,20,21). The minimum Gasteiger partial charge on any atom is -0.497 e. The highest BCUT2D eigenvalue weighted by atomic mass is 16.5. The average molecular weight is 346 g/mol. The lowest BCUT2D eigenvalue weighted by Crippen LogP contribution is -2.22. The van der Waals surface area contributed by atoms with Gasteiger partial charge in [-0.3, -0.25) is 4.79 Å². The summed E-state index contributed by atoms with van der Waals surface area (Å²) in [5.74, 6) is 2.21. The molecule has 2 N–H and O–H groups in total. The molecule has 0 saturated carbocycles. The van der Waals surface area contributed by atoms with E-state index in [1.54, 1.807) is 57.7 Å². The van der Waals surface area contributed by atoms with Crippen molar-refractivity contribution in [3.63, 3.8) is 0 Å². The Morgan fingerprint density at radius 1 is 0.800 bits per heavy atom. The van der Waals surface area contributed by atoms with Crippen molar-refractivity contribution in [2.75, 3.05) is 45.6 Å². The van der Waals surface area contributed by atoms with Gasteiger partial charge >= 0.3 is 0 Å². The molecule has 0 aliphatic carbocycles. The highest BCUT2D eigenvalue weighted by molar-refractivity contribution is 5.95. The average Bonchev–Trinajstić information content (AvgIpc) is 2.66. The van der Waals surface area contributed by atoms with Gasteiger partial charge in [-0.1, -0.05) is 0 Å². The Hall–Kier alpha value is -3.09. The summed E-state index contributed by atoms with van der Waals surface area (Å²) in [7, 11) is 6.24. The van der Waals surface area contributed by atoms with E-state index in [1.165, 1.54) is 7.11 Å². The van der Waals surface area contributed by atoms with Crippen LogP contribution in [0, 0.1) is 0 Å². The Labute approximate surface area is 146 Å². The number of hydrogen-bond donors (Lipinski definition) is 2. The molecule has 0 heterocycles. The lowest BCUT2D eigenvalue weighted by molar-refractivity contribution is -0.114. The third-order valence-corrected chi connectivity index (χ3v) is 3.53. The number of carbonyl (C=O) groups is 1. The summed E-state index contributed by atoms with van der Waals surface area (Å²) in [5.41, 5.74) is 1.23. The van der Waals surface area contributed by atoms with Gasteiger partial charge in [-0.2, -0.15) is 0 Å². The molecule has 7 heteroatoms. The van der Waals surface area contributed by atoms with Crippen molar-refractivity contribution >= 4 is 17.3 Å². The lowest BCUT2D eigenvalue weighted by Gasteiger charge is -2.14. The smallest absolute Gasteiger partial charge is 0.243 e. The van der Waals surface area contributed by atoms with Crippen LogP contribution in [0.15, 0.2) is 36.4 Å². The molecule has 2 aromatic rings. The zero-order chi connectivity index (χ0) is 18.2. The first-order valence-electron chi connectivity index (χ1n) is 7.59. The molecule has 0 atom stereocenters. The van der Waals surface area contributed by atoms with Gasteiger partial charge in [0, 0.05) is 12.1 Å². The molecule has 0 unspecified atom stereocenters. The molecule has 0 bridgehead atoms. The number of hydrogen-bond acceptors (Lipinski definition) is 6. The van der Waals surface area contributed by atoms with E-state index in [9.17, 15) is 4.79 Å².